The molecule has 0 aliphatic rings. The van der Waals surface area contributed by atoms with E-state index >= 15 is 0 Å². The second-order valence-electron chi connectivity index (χ2n) is 4.67. The molecule has 6 nitrogen and oxygen atoms in total. The van der Waals surface area contributed by atoms with E-state index in [2.05, 4.69) is 0 Å². The van der Waals surface area contributed by atoms with E-state index in [9.17, 15) is 9.59 Å². The highest BCUT2D eigenvalue weighted by atomic mass is 16.6. The van der Waals surface area contributed by atoms with E-state index in [0.29, 0.717) is 0 Å². The topological polar surface area (TPSA) is 116 Å². The van der Waals surface area contributed by atoms with Crippen LogP contribution in [-0.2, 0) is 14.3 Å². The van der Waals surface area contributed by atoms with Crippen LogP contribution in [0.25, 0.3) is 0 Å². The monoisotopic (exact) mass is 232 g/mol. The normalized spacial score (nSPS) is 13.6. The Morgan fingerprint density at radius 1 is 1.25 bits per heavy atom. The summed E-state index contributed by atoms with van der Waals surface area (Å²) in [4.78, 5) is 22.4. The summed E-state index contributed by atoms with van der Waals surface area (Å²) in [6.45, 7) is 5.04. The fourth-order valence-corrected chi connectivity index (χ4v) is 1.07. The van der Waals surface area contributed by atoms with Gasteiger partial charge in [0.05, 0.1) is 6.17 Å². The van der Waals surface area contributed by atoms with Crippen molar-refractivity contribution in [2.45, 2.75) is 45.4 Å². The van der Waals surface area contributed by atoms with Crippen LogP contribution in [-0.4, -0.2) is 28.8 Å². The van der Waals surface area contributed by atoms with Crippen molar-refractivity contribution < 1.29 is 19.4 Å². The molecule has 6 heteroatoms. The lowest BCUT2D eigenvalue weighted by atomic mass is 10.0. The minimum atomic E-state index is -1.21. The first-order valence-corrected chi connectivity index (χ1v) is 5.10. The molecule has 0 heterocycles. The Bertz CT molecular complexity index is 258. The molecular weight excluding hydrogens is 212 g/mol. The number of ether oxygens (including phenoxy) is 1. The van der Waals surface area contributed by atoms with Crippen LogP contribution >= 0.6 is 0 Å². The summed E-state index contributed by atoms with van der Waals surface area (Å²) in [5.74, 6) is -3.16. The van der Waals surface area contributed by atoms with Crippen molar-refractivity contribution in [3.8, 4) is 0 Å². The quantitative estimate of drug-likeness (QED) is 0.350. The molecule has 0 saturated heterocycles. The van der Waals surface area contributed by atoms with Gasteiger partial charge in [0.25, 0.3) is 0 Å². The van der Waals surface area contributed by atoms with Crippen molar-refractivity contribution >= 4 is 11.9 Å². The Morgan fingerprint density at radius 3 is 2.06 bits per heavy atom. The third-order valence-corrected chi connectivity index (χ3v) is 1.78. The SMILES string of the molecule is CC(C)(C)OC(=O)[C@H](CCC(N)N)C(=O)O. The third-order valence-electron chi connectivity index (χ3n) is 1.78. The van der Waals surface area contributed by atoms with Crippen molar-refractivity contribution in [1.82, 2.24) is 0 Å². The summed E-state index contributed by atoms with van der Waals surface area (Å²) in [6.07, 6.45) is -0.276. The van der Waals surface area contributed by atoms with Gasteiger partial charge in [0, 0.05) is 0 Å². The van der Waals surface area contributed by atoms with Crippen LogP contribution in [0.1, 0.15) is 33.6 Å². The molecular formula is C10H20N2O4. The lowest BCUT2D eigenvalue weighted by Crippen LogP contribution is -2.36. The summed E-state index contributed by atoms with van der Waals surface area (Å²) in [5.41, 5.74) is 9.90. The van der Waals surface area contributed by atoms with Gasteiger partial charge in [-0.05, 0) is 33.6 Å². The molecule has 0 aliphatic heterocycles. The van der Waals surface area contributed by atoms with Gasteiger partial charge in [-0.2, -0.15) is 0 Å². The van der Waals surface area contributed by atoms with Crippen LogP contribution in [0, 0.1) is 5.92 Å². The summed E-state index contributed by atoms with van der Waals surface area (Å²) >= 11 is 0. The van der Waals surface area contributed by atoms with Crippen LogP contribution < -0.4 is 11.5 Å². The Hall–Kier alpha value is -1.14. The fourth-order valence-electron chi connectivity index (χ4n) is 1.07. The molecule has 0 aromatic rings. The van der Waals surface area contributed by atoms with Gasteiger partial charge in [-0.25, -0.2) is 0 Å². The highest BCUT2D eigenvalue weighted by Crippen LogP contribution is 2.15. The van der Waals surface area contributed by atoms with E-state index in [1.165, 1.54) is 0 Å². The van der Waals surface area contributed by atoms with Gasteiger partial charge >= 0.3 is 11.9 Å². The Balaban J connectivity index is 4.42. The molecule has 94 valence electrons. The number of aliphatic carboxylic acids is 1. The molecule has 0 unspecified atom stereocenters. The van der Waals surface area contributed by atoms with E-state index in [4.69, 9.17) is 21.3 Å². The molecule has 1 atom stereocenters. The van der Waals surface area contributed by atoms with Crippen molar-refractivity contribution in [3.63, 3.8) is 0 Å². The Labute approximate surface area is 94.9 Å². The van der Waals surface area contributed by atoms with E-state index in [0.717, 1.165) is 0 Å². The zero-order valence-electron chi connectivity index (χ0n) is 9.90. The van der Waals surface area contributed by atoms with Crippen LogP contribution in [0.5, 0.6) is 0 Å². The number of carboxylic acids is 1. The molecule has 0 spiro atoms. The van der Waals surface area contributed by atoms with E-state index < -0.39 is 29.6 Å². The van der Waals surface area contributed by atoms with Crippen LogP contribution in [0.4, 0.5) is 0 Å². The van der Waals surface area contributed by atoms with Gasteiger partial charge < -0.3 is 21.3 Å². The maximum Gasteiger partial charge on any atom is 0.320 e. The number of nitrogens with two attached hydrogens (primary N) is 2. The zero-order valence-corrected chi connectivity index (χ0v) is 9.90. The van der Waals surface area contributed by atoms with Gasteiger partial charge in [-0.15, -0.1) is 0 Å². The third kappa shape index (κ3) is 6.36. The van der Waals surface area contributed by atoms with Crippen molar-refractivity contribution in [2.75, 3.05) is 0 Å². The predicted molar refractivity (Wildman–Crippen MR) is 58.4 cm³/mol. The van der Waals surface area contributed by atoms with Crippen molar-refractivity contribution in [1.29, 1.82) is 0 Å². The standard InChI is InChI=1S/C10H20N2O4/c1-10(2,3)16-9(15)6(8(13)14)4-5-7(11)12/h6-7H,4-5,11-12H2,1-3H3,(H,13,14)/t6-/m1/s1. The van der Waals surface area contributed by atoms with Gasteiger partial charge in [0.2, 0.25) is 0 Å². The molecule has 0 fully saturated rings. The summed E-state index contributed by atoms with van der Waals surface area (Å²) in [6, 6.07) is 0. The fraction of sp³-hybridized carbons (Fsp3) is 0.800. The average molecular weight is 232 g/mol. The number of hydrogen-bond acceptors (Lipinski definition) is 5. The number of esters is 1. The molecule has 16 heavy (non-hydrogen) atoms. The molecule has 5 N–H and O–H groups in total. The average Bonchev–Trinajstić information content (AvgIpc) is 1.98. The second-order valence-corrected chi connectivity index (χ2v) is 4.67. The minimum Gasteiger partial charge on any atom is -0.481 e. The molecule has 0 aromatic heterocycles. The lowest BCUT2D eigenvalue weighted by Gasteiger charge is -2.22. The predicted octanol–water partition coefficient (Wildman–Crippen LogP) is 0.0526. The first-order chi connectivity index (χ1) is 7.13. The molecule has 0 rings (SSSR count). The molecule has 0 amide bonds. The molecule has 0 aromatic carbocycles. The van der Waals surface area contributed by atoms with Crippen LogP contribution in [0.15, 0.2) is 0 Å². The van der Waals surface area contributed by atoms with E-state index in [1.54, 1.807) is 20.8 Å². The molecule has 0 radical (unpaired) electrons. The van der Waals surface area contributed by atoms with Gasteiger partial charge in [-0.3, -0.25) is 9.59 Å². The Morgan fingerprint density at radius 2 is 1.75 bits per heavy atom. The number of carboxylic acid groups (broad SMARTS) is 1. The number of rotatable bonds is 5. The molecule has 0 aliphatic carbocycles. The zero-order chi connectivity index (χ0) is 12.9. The van der Waals surface area contributed by atoms with Crippen molar-refractivity contribution in [3.05, 3.63) is 0 Å². The van der Waals surface area contributed by atoms with E-state index in [-0.39, 0.29) is 12.8 Å². The second kappa shape index (κ2) is 5.81. The lowest BCUT2D eigenvalue weighted by molar-refractivity contribution is -0.167. The minimum absolute atomic E-state index is 0.0852. The first kappa shape index (κ1) is 14.9. The number of carbonyl (C=O) groups excluding carboxylic acids is 1. The smallest absolute Gasteiger partial charge is 0.320 e. The first-order valence-electron chi connectivity index (χ1n) is 5.10. The van der Waals surface area contributed by atoms with Gasteiger partial charge in [0.15, 0.2) is 5.92 Å². The summed E-state index contributed by atoms with van der Waals surface area (Å²) in [7, 11) is 0. The van der Waals surface area contributed by atoms with Gasteiger partial charge in [-0.1, -0.05) is 0 Å². The largest absolute Gasteiger partial charge is 0.481 e. The number of hydrogen-bond donors (Lipinski definition) is 3. The molecule has 0 bridgehead atoms. The van der Waals surface area contributed by atoms with E-state index in [1.807, 2.05) is 0 Å². The summed E-state index contributed by atoms with van der Waals surface area (Å²) in [5, 5.41) is 8.87. The Kier molecular flexibility index (Phi) is 5.40. The number of carbonyl (C=O) groups is 2. The maximum atomic E-state index is 11.5. The van der Waals surface area contributed by atoms with Crippen molar-refractivity contribution in [2.24, 2.45) is 17.4 Å². The van der Waals surface area contributed by atoms with Gasteiger partial charge in [0.1, 0.15) is 5.60 Å². The molecule has 0 saturated carbocycles. The summed E-state index contributed by atoms with van der Waals surface area (Å²) < 4.78 is 4.99. The van der Waals surface area contributed by atoms with Crippen LogP contribution in [0.3, 0.4) is 0 Å². The highest BCUT2D eigenvalue weighted by Gasteiger charge is 2.30. The highest BCUT2D eigenvalue weighted by molar-refractivity contribution is 5.94. The van der Waals surface area contributed by atoms with Crippen LogP contribution in [0.2, 0.25) is 0 Å². The maximum absolute atomic E-state index is 11.5.